The fraction of sp³-hybridized carbons (Fsp3) is 0.375. The largest absolute Gasteiger partial charge is 0.493 e. The summed E-state index contributed by atoms with van der Waals surface area (Å²) < 4.78 is 12.5. The molecular formula is C16H18BrNO3S2. The second-order valence-corrected chi connectivity index (χ2v) is 7.34. The maximum absolute atomic E-state index is 12.3. The summed E-state index contributed by atoms with van der Waals surface area (Å²) in [5.41, 5.74) is 0.856. The quantitative estimate of drug-likeness (QED) is 0.506. The standard InChI is InChI=1S/C16H18BrNO3S2/c1-4-6-21-14-11(17)7-10(8-12(14)20-3)9-13-15(19)18(5-2)16(22)23-13/h7-9H,4-6H2,1-3H3/b13-9-. The molecule has 1 fully saturated rings. The number of thioether (sulfide) groups is 1. The fourth-order valence-electron chi connectivity index (χ4n) is 2.09. The zero-order valence-corrected chi connectivity index (χ0v) is 16.4. The molecule has 0 atom stereocenters. The third-order valence-corrected chi connectivity index (χ3v) is 5.16. The lowest BCUT2D eigenvalue weighted by molar-refractivity contribution is -0.121. The molecule has 1 amide bonds. The van der Waals surface area contributed by atoms with Crippen LogP contribution in [0.5, 0.6) is 11.5 Å². The first-order chi connectivity index (χ1) is 11.0. The topological polar surface area (TPSA) is 38.8 Å². The minimum absolute atomic E-state index is 0.0519. The van der Waals surface area contributed by atoms with Gasteiger partial charge in [0.05, 0.1) is 23.1 Å². The molecule has 0 spiro atoms. The number of halogens is 1. The molecular weight excluding hydrogens is 398 g/mol. The van der Waals surface area contributed by atoms with Crippen molar-refractivity contribution in [3.8, 4) is 11.5 Å². The third-order valence-electron chi connectivity index (χ3n) is 3.19. The predicted octanol–water partition coefficient (Wildman–Crippen LogP) is 4.47. The van der Waals surface area contributed by atoms with Crippen LogP contribution in [0.15, 0.2) is 21.5 Å². The minimum atomic E-state index is -0.0519. The summed E-state index contributed by atoms with van der Waals surface area (Å²) in [6.45, 7) is 5.15. The maximum atomic E-state index is 12.3. The Morgan fingerprint density at radius 1 is 1.39 bits per heavy atom. The number of hydrogen-bond acceptors (Lipinski definition) is 5. The SMILES string of the molecule is CCCOc1c(Br)cc(/C=C2\SC(=S)N(CC)C2=O)cc1OC. The number of amides is 1. The van der Waals surface area contributed by atoms with Gasteiger partial charge in [0.1, 0.15) is 4.32 Å². The summed E-state index contributed by atoms with van der Waals surface area (Å²) in [6, 6.07) is 3.76. The molecule has 1 heterocycles. The number of rotatable bonds is 6. The first-order valence-electron chi connectivity index (χ1n) is 7.27. The number of carbonyl (C=O) groups excluding carboxylic acids is 1. The zero-order chi connectivity index (χ0) is 17.0. The Balaban J connectivity index is 2.34. The van der Waals surface area contributed by atoms with Crippen molar-refractivity contribution in [2.75, 3.05) is 20.3 Å². The van der Waals surface area contributed by atoms with Crippen molar-refractivity contribution in [1.82, 2.24) is 4.90 Å². The molecule has 0 radical (unpaired) electrons. The molecule has 4 nitrogen and oxygen atoms in total. The lowest BCUT2D eigenvalue weighted by atomic mass is 10.2. The molecule has 1 saturated heterocycles. The van der Waals surface area contributed by atoms with E-state index in [0.717, 1.165) is 16.5 Å². The van der Waals surface area contributed by atoms with Crippen molar-refractivity contribution < 1.29 is 14.3 Å². The molecule has 0 aromatic heterocycles. The van der Waals surface area contributed by atoms with Gasteiger partial charge in [0.2, 0.25) is 0 Å². The molecule has 0 aliphatic carbocycles. The van der Waals surface area contributed by atoms with Crippen LogP contribution >= 0.6 is 39.9 Å². The van der Waals surface area contributed by atoms with Gasteiger partial charge >= 0.3 is 0 Å². The van der Waals surface area contributed by atoms with E-state index in [9.17, 15) is 4.79 Å². The summed E-state index contributed by atoms with van der Waals surface area (Å²) in [5.74, 6) is 1.25. The van der Waals surface area contributed by atoms with Crippen molar-refractivity contribution in [3.63, 3.8) is 0 Å². The molecule has 0 unspecified atom stereocenters. The Morgan fingerprint density at radius 3 is 2.70 bits per heavy atom. The Bertz CT molecular complexity index is 661. The average molecular weight is 416 g/mol. The first-order valence-corrected chi connectivity index (χ1v) is 9.29. The summed E-state index contributed by atoms with van der Waals surface area (Å²) in [4.78, 5) is 14.5. The number of nitrogens with zero attached hydrogens (tertiary/aromatic N) is 1. The van der Waals surface area contributed by atoms with E-state index in [4.69, 9.17) is 21.7 Å². The van der Waals surface area contributed by atoms with Crippen LogP contribution in [0.4, 0.5) is 0 Å². The average Bonchev–Trinajstić information content (AvgIpc) is 2.79. The summed E-state index contributed by atoms with van der Waals surface area (Å²) in [5, 5.41) is 0. The molecule has 1 aliphatic rings. The highest BCUT2D eigenvalue weighted by Gasteiger charge is 2.30. The van der Waals surface area contributed by atoms with Crippen LogP contribution in [0.1, 0.15) is 25.8 Å². The van der Waals surface area contributed by atoms with Crippen molar-refractivity contribution in [1.29, 1.82) is 0 Å². The normalized spacial score (nSPS) is 16.3. The highest BCUT2D eigenvalue weighted by atomic mass is 79.9. The Labute approximate surface area is 154 Å². The monoisotopic (exact) mass is 415 g/mol. The number of carbonyl (C=O) groups is 1. The fourth-order valence-corrected chi connectivity index (χ4v) is 4.05. The Morgan fingerprint density at radius 2 is 2.13 bits per heavy atom. The van der Waals surface area contributed by atoms with Gasteiger partial charge < -0.3 is 9.47 Å². The minimum Gasteiger partial charge on any atom is -0.493 e. The third kappa shape index (κ3) is 4.08. The van der Waals surface area contributed by atoms with Crippen molar-refractivity contribution >= 4 is 56.2 Å². The lowest BCUT2D eigenvalue weighted by Crippen LogP contribution is -2.27. The molecule has 1 aromatic carbocycles. The lowest BCUT2D eigenvalue weighted by Gasteiger charge is -2.13. The van der Waals surface area contributed by atoms with Gasteiger partial charge in [0, 0.05) is 6.54 Å². The van der Waals surface area contributed by atoms with E-state index >= 15 is 0 Å². The highest BCUT2D eigenvalue weighted by molar-refractivity contribution is 9.10. The van der Waals surface area contributed by atoms with E-state index in [1.54, 1.807) is 12.0 Å². The first kappa shape index (κ1) is 18.3. The van der Waals surface area contributed by atoms with Crippen LogP contribution in [0.3, 0.4) is 0 Å². The van der Waals surface area contributed by atoms with E-state index in [1.165, 1.54) is 11.8 Å². The molecule has 1 aliphatic heterocycles. The Kier molecular flexibility index (Phi) is 6.50. The molecule has 0 N–H and O–H groups in total. The Hall–Kier alpha value is -1.05. The van der Waals surface area contributed by atoms with Crippen molar-refractivity contribution in [2.24, 2.45) is 0 Å². The van der Waals surface area contributed by atoms with Gasteiger partial charge in [-0.25, -0.2) is 0 Å². The van der Waals surface area contributed by atoms with Crippen molar-refractivity contribution in [3.05, 3.63) is 27.1 Å². The number of methoxy groups -OCH3 is 1. The summed E-state index contributed by atoms with van der Waals surface area (Å²) in [7, 11) is 1.60. The zero-order valence-electron chi connectivity index (χ0n) is 13.2. The van der Waals surface area contributed by atoms with Crippen LogP contribution < -0.4 is 9.47 Å². The molecule has 0 bridgehead atoms. The molecule has 124 valence electrons. The molecule has 0 saturated carbocycles. The number of benzene rings is 1. The van der Waals surface area contributed by atoms with Gasteiger partial charge in [0.15, 0.2) is 11.5 Å². The van der Waals surface area contributed by atoms with Gasteiger partial charge in [-0.15, -0.1) is 0 Å². The summed E-state index contributed by atoms with van der Waals surface area (Å²) >= 11 is 10.1. The highest BCUT2D eigenvalue weighted by Crippen LogP contribution is 2.39. The molecule has 2 rings (SSSR count). The second-order valence-electron chi connectivity index (χ2n) is 4.81. The number of hydrogen-bond donors (Lipinski definition) is 0. The van der Waals surface area contributed by atoms with Gasteiger partial charge in [-0.05, 0) is 53.0 Å². The van der Waals surface area contributed by atoms with Crippen LogP contribution in [0.2, 0.25) is 0 Å². The summed E-state index contributed by atoms with van der Waals surface area (Å²) in [6.07, 6.45) is 2.74. The maximum Gasteiger partial charge on any atom is 0.266 e. The predicted molar refractivity (Wildman–Crippen MR) is 102 cm³/mol. The molecule has 1 aromatic rings. The van der Waals surface area contributed by atoms with Crippen LogP contribution in [-0.4, -0.2) is 35.4 Å². The van der Waals surface area contributed by atoms with Crippen molar-refractivity contribution in [2.45, 2.75) is 20.3 Å². The van der Waals surface area contributed by atoms with E-state index in [1.807, 2.05) is 32.1 Å². The van der Waals surface area contributed by atoms with Crippen LogP contribution in [-0.2, 0) is 4.79 Å². The smallest absolute Gasteiger partial charge is 0.266 e. The number of likely N-dealkylation sites (N-methyl/N-ethyl adjacent to an activating group) is 1. The van der Waals surface area contributed by atoms with Gasteiger partial charge in [-0.1, -0.05) is 30.9 Å². The van der Waals surface area contributed by atoms with E-state index in [-0.39, 0.29) is 5.91 Å². The van der Waals surface area contributed by atoms with Crippen LogP contribution in [0.25, 0.3) is 6.08 Å². The van der Waals surface area contributed by atoms with Gasteiger partial charge in [0.25, 0.3) is 5.91 Å². The molecule has 7 heteroatoms. The molecule has 23 heavy (non-hydrogen) atoms. The number of thiocarbonyl (C=S) groups is 1. The number of ether oxygens (including phenoxy) is 2. The van der Waals surface area contributed by atoms with E-state index in [2.05, 4.69) is 15.9 Å². The second kappa shape index (κ2) is 8.17. The van der Waals surface area contributed by atoms with Crippen LogP contribution in [0, 0.1) is 0 Å². The van der Waals surface area contributed by atoms with Gasteiger partial charge in [-0.2, -0.15) is 0 Å². The van der Waals surface area contributed by atoms with E-state index in [0.29, 0.717) is 33.9 Å². The van der Waals surface area contributed by atoms with E-state index < -0.39 is 0 Å². The van der Waals surface area contributed by atoms with Gasteiger partial charge in [-0.3, -0.25) is 9.69 Å².